The van der Waals surface area contributed by atoms with Gasteiger partial charge in [0, 0.05) is 18.1 Å². The second kappa shape index (κ2) is 5.83. The number of nitrogens with zero attached hydrogens (tertiary/aromatic N) is 5. The summed E-state index contributed by atoms with van der Waals surface area (Å²) >= 11 is 1.64. The van der Waals surface area contributed by atoms with Gasteiger partial charge in [0.2, 0.25) is 0 Å². The lowest BCUT2D eigenvalue weighted by atomic mass is 10.3. The highest BCUT2D eigenvalue weighted by Crippen LogP contribution is 2.24. The minimum atomic E-state index is 0.675. The van der Waals surface area contributed by atoms with Gasteiger partial charge in [-0.15, -0.1) is 18.3 Å². The van der Waals surface area contributed by atoms with E-state index in [9.17, 15) is 0 Å². The van der Waals surface area contributed by atoms with Crippen LogP contribution < -0.4 is 0 Å². The fourth-order valence-corrected chi connectivity index (χ4v) is 2.60. The largest absolute Gasteiger partial charge is 0.265 e. The lowest BCUT2D eigenvalue weighted by molar-refractivity contribution is 0.702. The quantitative estimate of drug-likeness (QED) is 0.409. The summed E-state index contributed by atoms with van der Waals surface area (Å²) in [6.45, 7) is 4.40. The zero-order chi connectivity index (χ0) is 13.8. The molecule has 3 aromatic rings. The van der Waals surface area contributed by atoms with Crippen molar-refractivity contribution in [3.63, 3.8) is 0 Å². The summed E-state index contributed by atoms with van der Waals surface area (Å²) in [6, 6.07) is 3.95. The van der Waals surface area contributed by atoms with Crippen LogP contribution in [0.5, 0.6) is 0 Å². The second-order valence-corrected chi connectivity index (χ2v) is 5.18. The van der Waals surface area contributed by atoms with Crippen molar-refractivity contribution in [2.45, 2.75) is 11.6 Å². The van der Waals surface area contributed by atoms with Gasteiger partial charge >= 0.3 is 0 Å². The summed E-state index contributed by atoms with van der Waals surface area (Å²) in [6.07, 6.45) is 8.82. The summed E-state index contributed by atoms with van der Waals surface area (Å²) in [7, 11) is 0. The van der Waals surface area contributed by atoms with Gasteiger partial charge in [-0.3, -0.25) is 4.98 Å². The molecule has 3 aromatic heterocycles. The monoisotopic (exact) mass is 283 g/mol. The van der Waals surface area contributed by atoms with Crippen LogP contribution >= 0.6 is 11.8 Å². The second-order valence-electron chi connectivity index (χ2n) is 4.17. The van der Waals surface area contributed by atoms with Crippen molar-refractivity contribution in [3.8, 4) is 0 Å². The molecule has 0 bridgehead atoms. The molecule has 0 atom stereocenters. The van der Waals surface area contributed by atoms with Crippen LogP contribution in [0.3, 0.4) is 0 Å². The van der Waals surface area contributed by atoms with E-state index in [-0.39, 0.29) is 0 Å². The number of hydrogen-bond acceptors (Lipinski definition) is 5. The molecule has 0 radical (unpaired) electrons. The van der Waals surface area contributed by atoms with E-state index in [2.05, 4.69) is 26.6 Å². The third kappa shape index (κ3) is 2.55. The van der Waals surface area contributed by atoms with Crippen LogP contribution in [0.4, 0.5) is 0 Å². The zero-order valence-electron chi connectivity index (χ0n) is 10.8. The number of hydrogen-bond donors (Lipinski definition) is 0. The van der Waals surface area contributed by atoms with Crippen LogP contribution in [0.15, 0.2) is 54.7 Å². The lowest BCUT2D eigenvalue weighted by Gasteiger charge is -2.03. The summed E-state index contributed by atoms with van der Waals surface area (Å²) in [4.78, 5) is 12.7. The van der Waals surface area contributed by atoms with E-state index < -0.39 is 0 Å². The van der Waals surface area contributed by atoms with E-state index in [0.717, 1.165) is 27.4 Å². The fraction of sp³-hybridized carbons (Fsp3) is 0.143. The van der Waals surface area contributed by atoms with E-state index in [4.69, 9.17) is 0 Å². The van der Waals surface area contributed by atoms with Crippen LogP contribution in [0, 0.1) is 0 Å². The molecule has 0 amide bonds. The molecule has 0 aliphatic rings. The third-order valence-corrected chi connectivity index (χ3v) is 3.82. The molecular formula is C14H13N5S. The topological polar surface area (TPSA) is 56.5 Å². The van der Waals surface area contributed by atoms with Gasteiger partial charge in [0.1, 0.15) is 11.4 Å². The number of rotatable bonds is 5. The highest BCUT2D eigenvalue weighted by atomic mass is 32.2. The van der Waals surface area contributed by atoms with E-state index >= 15 is 0 Å². The van der Waals surface area contributed by atoms with Gasteiger partial charge in [-0.05, 0) is 17.7 Å². The van der Waals surface area contributed by atoms with Crippen LogP contribution in [0.2, 0.25) is 0 Å². The Kier molecular flexibility index (Phi) is 3.73. The fourth-order valence-electron chi connectivity index (χ4n) is 1.90. The summed E-state index contributed by atoms with van der Waals surface area (Å²) in [5.74, 6) is 0.821. The number of fused-ring (bicyclic) bond motifs is 1. The van der Waals surface area contributed by atoms with Crippen LogP contribution in [-0.2, 0) is 6.54 Å². The van der Waals surface area contributed by atoms with Crippen molar-refractivity contribution in [3.05, 3.63) is 55.3 Å². The minimum Gasteiger partial charge on any atom is -0.265 e. The standard InChI is InChI=1S/C14H13N5S/c1-2-7-20-14-12-8-18-19(13(12)16-10-17-14)9-11-3-5-15-6-4-11/h2-6,8,10H,1,7,9H2. The predicted molar refractivity (Wildman–Crippen MR) is 79.6 cm³/mol. The molecule has 100 valence electrons. The smallest absolute Gasteiger partial charge is 0.162 e. The maximum Gasteiger partial charge on any atom is 0.162 e. The van der Waals surface area contributed by atoms with Crippen molar-refractivity contribution < 1.29 is 0 Å². The highest BCUT2D eigenvalue weighted by molar-refractivity contribution is 7.99. The Labute approximate surface area is 120 Å². The van der Waals surface area contributed by atoms with E-state index in [0.29, 0.717) is 6.54 Å². The van der Waals surface area contributed by atoms with Crippen molar-refractivity contribution in [2.75, 3.05) is 5.75 Å². The maximum atomic E-state index is 4.41. The highest BCUT2D eigenvalue weighted by Gasteiger charge is 2.09. The van der Waals surface area contributed by atoms with E-state index in [1.165, 1.54) is 0 Å². The van der Waals surface area contributed by atoms with Crippen LogP contribution in [0.1, 0.15) is 5.56 Å². The van der Waals surface area contributed by atoms with Crippen LogP contribution in [-0.4, -0.2) is 30.5 Å². The molecule has 0 fully saturated rings. The predicted octanol–water partition coefficient (Wildman–Crippen LogP) is 2.55. The van der Waals surface area contributed by atoms with Gasteiger partial charge in [0.15, 0.2) is 5.65 Å². The molecule has 0 aromatic carbocycles. The Morgan fingerprint density at radius 2 is 2.10 bits per heavy atom. The molecule has 6 heteroatoms. The molecule has 20 heavy (non-hydrogen) atoms. The Bertz CT molecular complexity index is 723. The minimum absolute atomic E-state index is 0.675. The normalized spacial score (nSPS) is 10.8. The molecule has 0 aliphatic heterocycles. The van der Waals surface area contributed by atoms with Gasteiger partial charge in [-0.2, -0.15) is 5.10 Å². The summed E-state index contributed by atoms with van der Waals surface area (Å²) in [5, 5.41) is 6.33. The van der Waals surface area contributed by atoms with Gasteiger partial charge in [0.05, 0.1) is 18.1 Å². The van der Waals surface area contributed by atoms with Gasteiger partial charge in [-0.25, -0.2) is 14.6 Å². The molecule has 0 saturated heterocycles. The number of thioether (sulfide) groups is 1. The zero-order valence-corrected chi connectivity index (χ0v) is 11.6. The molecule has 0 unspecified atom stereocenters. The molecule has 5 nitrogen and oxygen atoms in total. The first-order valence-corrected chi connectivity index (χ1v) is 7.16. The van der Waals surface area contributed by atoms with E-state index in [1.54, 1.807) is 30.5 Å². The molecule has 3 rings (SSSR count). The Balaban J connectivity index is 1.95. The molecule has 0 aliphatic carbocycles. The lowest BCUT2D eigenvalue weighted by Crippen LogP contribution is -2.02. The number of pyridine rings is 1. The molecular weight excluding hydrogens is 270 g/mol. The average Bonchev–Trinajstić information content (AvgIpc) is 2.90. The first-order chi connectivity index (χ1) is 9.88. The Hall–Kier alpha value is -2.21. The van der Waals surface area contributed by atoms with Crippen molar-refractivity contribution in [1.29, 1.82) is 0 Å². The maximum absolute atomic E-state index is 4.41. The van der Waals surface area contributed by atoms with E-state index in [1.807, 2.05) is 29.1 Å². The SMILES string of the molecule is C=CCSc1ncnc2c1cnn2Cc1ccncc1. The molecule has 0 spiro atoms. The first-order valence-electron chi connectivity index (χ1n) is 6.17. The number of aromatic nitrogens is 5. The van der Waals surface area contributed by atoms with Crippen molar-refractivity contribution >= 4 is 22.8 Å². The Morgan fingerprint density at radius 3 is 2.90 bits per heavy atom. The third-order valence-electron chi connectivity index (χ3n) is 2.82. The average molecular weight is 283 g/mol. The molecule has 0 N–H and O–H groups in total. The Morgan fingerprint density at radius 1 is 1.25 bits per heavy atom. The van der Waals surface area contributed by atoms with Gasteiger partial charge < -0.3 is 0 Å². The summed E-state index contributed by atoms with van der Waals surface area (Å²) in [5.41, 5.74) is 1.99. The van der Waals surface area contributed by atoms with Gasteiger partial charge in [-0.1, -0.05) is 6.08 Å². The molecule has 3 heterocycles. The summed E-state index contributed by atoms with van der Waals surface area (Å²) < 4.78 is 1.88. The molecule has 0 saturated carbocycles. The van der Waals surface area contributed by atoms with Crippen LogP contribution in [0.25, 0.3) is 11.0 Å². The first kappa shape index (κ1) is 12.8. The van der Waals surface area contributed by atoms with Crippen molar-refractivity contribution in [2.24, 2.45) is 0 Å². The van der Waals surface area contributed by atoms with Crippen molar-refractivity contribution in [1.82, 2.24) is 24.7 Å². The van der Waals surface area contributed by atoms with Gasteiger partial charge in [0.25, 0.3) is 0 Å².